The van der Waals surface area contributed by atoms with Gasteiger partial charge in [-0.3, -0.25) is 4.79 Å². The first-order valence-corrected chi connectivity index (χ1v) is 9.95. The van der Waals surface area contributed by atoms with Crippen molar-refractivity contribution in [3.63, 3.8) is 0 Å². The number of carbonyl (C=O) groups excluding carboxylic acids is 1. The summed E-state index contributed by atoms with van der Waals surface area (Å²) in [4.78, 5) is 10.7. The Bertz CT molecular complexity index is 743. The lowest BCUT2D eigenvalue weighted by Crippen LogP contribution is -2.35. The highest BCUT2D eigenvalue weighted by molar-refractivity contribution is 5.74. The number of rotatable bonds is 4. The highest BCUT2D eigenvalue weighted by Crippen LogP contribution is 2.52. The van der Waals surface area contributed by atoms with Crippen molar-refractivity contribution >= 4 is 6.29 Å². The summed E-state index contributed by atoms with van der Waals surface area (Å²) < 4.78 is 5.93. The molecule has 0 spiro atoms. The molecule has 2 aromatic rings. The Morgan fingerprint density at radius 1 is 0.846 bits per heavy atom. The van der Waals surface area contributed by atoms with Crippen LogP contribution >= 0.6 is 0 Å². The summed E-state index contributed by atoms with van der Waals surface area (Å²) in [5.74, 6) is 5.75. The third-order valence-corrected chi connectivity index (χ3v) is 6.42. The Kier molecular flexibility index (Phi) is 4.84. The minimum atomic E-state index is 0.666. The second-order valence-electron chi connectivity index (χ2n) is 8.54. The number of fused-ring (bicyclic) bond motifs is 2. The molecule has 2 nitrogen and oxygen atoms in total. The van der Waals surface area contributed by atoms with Crippen LogP contribution in [0.5, 0.6) is 11.5 Å². The highest BCUT2D eigenvalue weighted by Gasteiger charge is 2.40. The lowest BCUT2D eigenvalue weighted by atomic mass is 9.59. The van der Waals surface area contributed by atoms with Gasteiger partial charge in [-0.1, -0.05) is 26.0 Å². The zero-order chi connectivity index (χ0) is 18.1. The Hall–Kier alpha value is -2.09. The summed E-state index contributed by atoms with van der Waals surface area (Å²) >= 11 is 0. The first-order valence-electron chi connectivity index (χ1n) is 9.95. The summed E-state index contributed by atoms with van der Waals surface area (Å²) in [5, 5.41) is 0. The molecule has 2 aliphatic rings. The molecule has 0 amide bonds. The van der Waals surface area contributed by atoms with Gasteiger partial charge in [-0.25, -0.2) is 0 Å². The molecule has 2 saturated carbocycles. The van der Waals surface area contributed by atoms with Crippen LogP contribution in [0, 0.1) is 23.7 Å². The van der Waals surface area contributed by atoms with Crippen LogP contribution in [0.2, 0.25) is 0 Å². The molecule has 0 aliphatic heterocycles. The fourth-order valence-electron chi connectivity index (χ4n) is 5.53. The van der Waals surface area contributed by atoms with Crippen molar-refractivity contribution < 1.29 is 9.53 Å². The van der Waals surface area contributed by atoms with Crippen molar-refractivity contribution in [1.82, 2.24) is 0 Å². The van der Waals surface area contributed by atoms with E-state index in [-0.39, 0.29) is 0 Å². The maximum Gasteiger partial charge on any atom is 0.150 e. The van der Waals surface area contributed by atoms with Crippen molar-refractivity contribution in [2.75, 3.05) is 0 Å². The number of ether oxygens (including phenoxy) is 1. The second-order valence-corrected chi connectivity index (χ2v) is 8.54. The largest absolute Gasteiger partial charge is 0.457 e. The van der Waals surface area contributed by atoms with Crippen LogP contribution in [-0.2, 0) is 0 Å². The summed E-state index contributed by atoms with van der Waals surface area (Å²) in [7, 11) is 0. The minimum Gasteiger partial charge on any atom is -0.457 e. The van der Waals surface area contributed by atoms with E-state index in [0.29, 0.717) is 11.5 Å². The number of carbonyl (C=O) groups is 1. The van der Waals surface area contributed by atoms with E-state index in [9.17, 15) is 4.79 Å². The van der Waals surface area contributed by atoms with E-state index < -0.39 is 0 Å². The van der Waals surface area contributed by atoms with Gasteiger partial charge >= 0.3 is 0 Å². The zero-order valence-corrected chi connectivity index (χ0v) is 15.7. The topological polar surface area (TPSA) is 26.3 Å². The van der Waals surface area contributed by atoms with Gasteiger partial charge in [0.05, 0.1) is 0 Å². The van der Waals surface area contributed by atoms with Crippen LogP contribution in [0.15, 0.2) is 48.5 Å². The Balaban J connectivity index is 1.48. The summed E-state index contributed by atoms with van der Waals surface area (Å²) in [6.45, 7) is 4.87. The summed E-state index contributed by atoms with van der Waals surface area (Å²) in [6.07, 6.45) is 6.46. The quantitative estimate of drug-likeness (QED) is 0.592. The maximum atomic E-state index is 10.7. The van der Waals surface area contributed by atoms with Gasteiger partial charge in [-0.05, 0) is 97.2 Å². The minimum absolute atomic E-state index is 0.666. The fraction of sp³-hybridized carbons (Fsp3) is 0.458. The van der Waals surface area contributed by atoms with Crippen LogP contribution in [-0.4, -0.2) is 6.29 Å². The van der Waals surface area contributed by atoms with E-state index in [2.05, 4.69) is 38.1 Å². The monoisotopic (exact) mass is 348 g/mol. The van der Waals surface area contributed by atoms with Crippen LogP contribution in [0.4, 0.5) is 0 Å². The molecular formula is C24H28O2. The first-order chi connectivity index (χ1) is 12.6. The predicted octanol–water partition coefficient (Wildman–Crippen LogP) is 6.47. The normalized spacial score (nSPS) is 30.6. The number of benzene rings is 2. The van der Waals surface area contributed by atoms with E-state index in [1.165, 1.54) is 31.2 Å². The summed E-state index contributed by atoms with van der Waals surface area (Å²) in [5.41, 5.74) is 2.14. The molecule has 26 heavy (non-hydrogen) atoms. The molecule has 0 N–H and O–H groups in total. The van der Waals surface area contributed by atoms with Crippen molar-refractivity contribution in [3.05, 3.63) is 59.7 Å². The molecule has 0 saturated heterocycles. The summed E-state index contributed by atoms with van der Waals surface area (Å²) in [6, 6.07) is 15.9. The van der Waals surface area contributed by atoms with Crippen molar-refractivity contribution in [2.24, 2.45) is 23.7 Å². The van der Waals surface area contributed by atoms with Crippen LogP contribution in [0.3, 0.4) is 0 Å². The van der Waals surface area contributed by atoms with Gasteiger partial charge in [0.15, 0.2) is 0 Å². The van der Waals surface area contributed by atoms with Gasteiger partial charge in [0, 0.05) is 5.56 Å². The van der Waals surface area contributed by atoms with Crippen LogP contribution in [0.1, 0.15) is 61.4 Å². The molecular weight excluding hydrogens is 320 g/mol. The SMILES string of the molecule is CC1CC2CC(C)C(c3ccc(Oc4ccc(C=O)cc4)cc3)C(C1)C2. The Labute approximate surface area is 156 Å². The molecule has 5 unspecified atom stereocenters. The molecule has 0 aromatic heterocycles. The molecule has 2 bridgehead atoms. The molecule has 5 atom stereocenters. The van der Waals surface area contributed by atoms with E-state index in [4.69, 9.17) is 4.74 Å². The van der Waals surface area contributed by atoms with Gasteiger partial charge < -0.3 is 4.74 Å². The van der Waals surface area contributed by atoms with Gasteiger partial charge in [0.25, 0.3) is 0 Å². The smallest absolute Gasteiger partial charge is 0.150 e. The van der Waals surface area contributed by atoms with Gasteiger partial charge in [0.1, 0.15) is 17.8 Å². The Morgan fingerprint density at radius 2 is 1.50 bits per heavy atom. The number of hydrogen-bond acceptors (Lipinski definition) is 2. The molecule has 136 valence electrons. The van der Waals surface area contributed by atoms with Crippen molar-refractivity contribution in [1.29, 1.82) is 0 Å². The Morgan fingerprint density at radius 3 is 2.15 bits per heavy atom. The zero-order valence-electron chi connectivity index (χ0n) is 15.7. The van der Waals surface area contributed by atoms with Gasteiger partial charge in [-0.2, -0.15) is 0 Å². The maximum absolute atomic E-state index is 10.7. The van der Waals surface area contributed by atoms with Crippen LogP contribution in [0.25, 0.3) is 0 Å². The molecule has 0 heterocycles. The highest BCUT2D eigenvalue weighted by atomic mass is 16.5. The van der Waals surface area contributed by atoms with E-state index in [1.807, 2.05) is 12.1 Å². The second kappa shape index (κ2) is 7.26. The van der Waals surface area contributed by atoms with Gasteiger partial charge in [0.2, 0.25) is 0 Å². The van der Waals surface area contributed by atoms with E-state index in [1.54, 1.807) is 12.1 Å². The molecule has 4 rings (SSSR count). The van der Waals surface area contributed by atoms with E-state index in [0.717, 1.165) is 41.5 Å². The van der Waals surface area contributed by atoms with Gasteiger partial charge in [-0.15, -0.1) is 0 Å². The lowest BCUT2D eigenvalue weighted by molar-refractivity contribution is 0.0854. The third-order valence-electron chi connectivity index (χ3n) is 6.42. The molecule has 2 heteroatoms. The standard InChI is InChI=1S/C24H28O2/c1-16-11-19-13-17(2)24(21(12-16)14-19)20-5-9-23(10-6-20)26-22-7-3-18(15-25)4-8-22/h3-10,15-17,19,21,24H,11-14H2,1-2H3. The molecule has 2 fully saturated rings. The average Bonchev–Trinajstić information content (AvgIpc) is 2.63. The lowest BCUT2D eigenvalue weighted by Gasteiger charge is -2.46. The number of hydrogen-bond donors (Lipinski definition) is 0. The molecule has 0 radical (unpaired) electrons. The first kappa shape index (κ1) is 17.3. The number of aldehydes is 1. The molecule has 2 aromatic carbocycles. The third kappa shape index (κ3) is 3.56. The van der Waals surface area contributed by atoms with Crippen molar-refractivity contribution in [2.45, 2.75) is 45.4 Å². The van der Waals surface area contributed by atoms with Crippen LogP contribution < -0.4 is 4.74 Å². The fourth-order valence-corrected chi connectivity index (χ4v) is 5.53. The average molecular weight is 348 g/mol. The van der Waals surface area contributed by atoms with Crippen molar-refractivity contribution in [3.8, 4) is 11.5 Å². The molecule has 2 aliphatic carbocycles. The van der Waals surface area contributed by atoms with E-state index >= 15 is 0 Å². The predicted molar refractivity (Wildman–Crippen MR) is 105 cm³/mol.